The third-order valence-corrected chi connectivity index (χ3v) is 10.3. The van der Waals surface area contributed by atoms with E-state index in [2.05, 4.69) is 32.3 Å². The number of hydrogen-bond donors (Lipinski definition) is 0. The second kappa shape index (κ2) is 9.46. The van der Waals surface area contributed by atoms with E-state index in [0.717, 1.165) is 55.9 Å². The zero-order valence-electron chi connectivity index (χ0n) is 18.2. The fraction of sp³-hybridized carbons (Fsp3) is 0.682. The molecule has 1 amide bonds. The minimum atomic E-state index is -3.04. The van der Waals surface area contributed by atoms with Gasteiger partial charge in [0.1, 0.15) is 5.82 Å². The van der Waals surface area contributed by atoms with E-state index in [9.17, 15) is 13.2 Å². The maximum Gasteiger partial charge on any atom is 0.233 e. The van der Waals surface area contributed by atoms with Crippen molar-refractivity contribution in [2.45, 2.75) is 81.1 Å². The van der Waals surface area contributed by atoms with E-state index in [-0.39, 0.29) is 35.2 Å². The summed E-state index contributed by atoms with van der Waals surface area (Å²) in [4.78, 5) is 16.6. The van der Waals surface area contributed by atoms with Crippen LogP contribution in [0.5, 0.6) is 0 Å². The Bertz CT molecular complexity index is 1040. The van der Waals surface area contributed by atoms with Crippen LogP contribution in [0.15, 0.2) is 22.7 Å². The van der Waals surface area contributed by atoms with E-state index >= 15 is 0 Å². The van der Waals surface area contributed by atoms with Gasteiger partial charge in [0.05, 0.1) is 17.3 Å². The minimum Gasteiger partial charge on any atom is -0.335 e. The standard InChI is InChI=1S/C22H30N4O3S3/c27-21(25(16-5-2-1-3-6-16)18-10-12-32(28,29)15-18)14-31-22-24-23-20(26(22)17-8-9-17)13-19-7-4-11-30-19/h4,7,11,16-18H,1-3,5-6,8-10,12-15H2. The Labute approximate surface area is 197 Å². The summed E-state index contributed by atoms with van der Waals surface area (Å²) >= 11 is 3.18. The maximum atomic E-state index is 13.4. The van der Waals surface area contributed by atoms with Gasteiger partial charge in [0.15, 0.2) is 15.0 Å². The Hall–Kier alpha value is -1.39. The van der Waals surface area contributed by atoms with Crippen molar-refractivity contribution < 1.29 is 13.2 Å². The first kappa shape index (κ1) is 22.4. The molecular weight excluding hydrogens is 464 g/mol. The van der Waals surface area contributed by atoms with Gasteiger partial charge in [0.25, 0.3) is 0 Å². The second-order valence-corrected chi connectivity index (χ2v) is 13.4. The highest BCUT2D eigenvalue weighted by atomic mass is 32.2. The van der Waals surface area contributed by atoms with E-state index in [4.69, 9.17) is 0 Å². The SMILES string of the molecule is O=C(CSc1nnc(Cc2cccs2)n1C1CC1)N(C1CCCCC1)C1CCS(=O)(=O)C1. The number of amides is 1. The number of sulfone groups is 1. The average molecular weight is 495 g/mol. The molecular formula is C22H30N4O3S3. The van der Waals surface area contributed by atoms with Gasteiger partial charge < -0.3 is 9.47 Å². The Morgan fingerprint density at radius 3 is 2.59 bits per heavy atom. The smallest absolute Gasteiger partial charge is 0.233 e. The van der Waals surface area contributed by atoms with Crippen molar-refractivity contribution in [3.8, 4) is 0 Å². The normalized spacial score (nSPS) is 23.4. The van der Waals surface area contributed by atoms with Crippen molar-refractivity contribution in [1.29, 1.82) is 0 Å². The summed E-state index contributed by atoms with van der Waals surface area (Å²) in [5.41, 5.74) is 0. The molecule has 2 aromatic heterocycles. The third kappa shape index (κ3) is 5.07. The number of carbonyl (C=O) groups excluding carboxylic acids is 1. The molecule has 1 aliphatic heterocycles. The van der Waals surface area contributed by atoms with Crippen molar-refractivity contribution in [3.05, 3.63) is 28.2 Å². The van der Waals surface area contributed by atoms with Crippen LogP contribution in [0, 0.1) is 0 Å². The molecule has 10 heteroatoms. The lowest BCUT2D eigenvalue weighted by molar-refractivity contribution is -0.133. The maximum absolute atomic E-state index is 13.4. The number of thiophene rings is 1. The van der Waals surface area contributed by atoms with Crippen LogP contribution in [0.1, 0.15) is 68.1 Å². The van der Waals surface area contributed by atoms with Gasteiger partial charge in [-0.15, -0.1) is 21.5 Å². The van der Waals surface area contributed by atoms with Crippen LogP contribution < -0.4 is 0 Å². The fourth-order valence-corrected chi connectivity index (χ4v) is 8.36. The molecule has 2 saturated carbocycles. The molecule has 1 saturated heterocycles. The largest absolute Gasteiger partial charge is 0.335 e. The van der Waals surface area contributed by atoms with E-state index < -0.39 is 9.84 Å². The molecule has 0 bridgehead atoms. The lowest BCUT2D eigenvalue weighted by Crippen LogP contribution is -2.49. The van der Waals surface area contributed by atoms with Crippen LogP contribution in [-0.2, 0) is 21.1 Å². The Balaban J connectivity index is 1.30. The molecule has 0 radical (unpaired) electrons. The summed E-state index contributed by atoms with van der Waals surface area (Å²) in [5.74, 6) is 1.62. The van der Waals surface area contributed by atoms with Crippen LogP contribution in [0.3, 0.4) is 0 Å². The highest BCUT2D eigenvalue weighted by Gasteiger charge is 2.39. The van der Waals surface area contributed by atoms with Crippen LogP contribution in [0.4, 0.5) is 0 Å². The number of aromatic nitrogens is 3. The first-order valence-electron chi connectivity index (χ1n) is 11.6. The van der Waals surface area contributed by atoms with Crippen molar-refractivity contribution in [2.24, 2.45) is 0 Å². The van der Waals surface area contributed by atoms with Crippen molar-refractivity contribution >= 4 is 38.8 Å². The van der Waals surface area contributed by atoms with E-state index in [0.29, 0.717) is 12.5 Å². The second-order valence-electron chi connectivity index (χ2n) is 9.19. The fourth-order valence-electron chi connectivity index (χ4n) is 5.06. The first-order valence-corrected chi connectivity index (χ1v) is 15.3. The third-order valence-electron chi connectivity index (χ3n) is 6.74. The van der Waals surface area contributed by atoms with Crippen LogP contribution >= 0.6 is 23.1 Å². The quantitative estimate of drug-likeness (QED) is 0.520. The highest BCUT2D eigenvalue weighted by Crippen LogP contribution is 2.39. The molecule has 3 heterocycles. The number of nitrogens with zero attached hydrogens (tertiary/aromatic N) is 4. The lowest BCUT2D eigenvalue weighted by Gasteiger charge is -2.38. The predicted octanol–water partition coefficient (Wildman–Crippen LogP) is 3.71. The molecule has 3 fully saturated rings. The van der Waals surface area contributed by atoms with E-state index in [1.54, 1.807) is 11.3 Å². The molecule has 5 rings (SSSR count). The minimum absolute atomic E-state index is 0.0501. The van der Waals surface area contributed by atoms with E-state index in [1.807, 2.05) is 4.90 Å². The summed E-state index contributed by atoms with van der Waals surface area (Å²) in [7, 11) is -3.04. The molecule has 7 nitrogen and oxygen atoms in total. The Morgan fingerprint density at radius 2 is 1.94 bits per heavy atom. The van der Waals surface area contributed by atoms with Crippen molar-refractivity contribution in [1.82, 2.24) is 19.7 Å². The van der Waals surface area contributed by atoms with Gasteiger partial charge in [-0.2, -0.15) is 0 Å². The molecule has 2 aliphatic carbocycles. The van der Waals surface area contributed by atoms with Crippen molar-refractivity contribution in [3.63, 3.8) is 0 Å². The topological polar surface area (TPSA) is 85.2 Å². The zero-order chi connectivity index (χ0) is 22.1. The molecule has 1 unspecified atom stereocenters. The highest BCUT2D eigenvalue weighted by molar-refractivity contribution is 7.99. The zero-order valence-corrected chi connectivity index (χ0v) is 20.6. The molecule has 0 spiro atoms. The van der Waals surface area contributed by atoms with Gasteiger partial charge in [-0.3, -0.25) is 4.79 Å². The van der Waals surface area contributed by atoms with Gasteiger partial charge in [-0.1, -0.05) is 37.1 Å². The summed E-state index contributed by atoms with van der Waals surface area (Å²) in [6.07, 6.45) is 8.99. The number of carbonyl (C=O) groups is 1. The molecule has 2 aromatic rings. The number of rotatable bonds is 8. The van der Waals surface area contributed by atoms with Crippen molar-refractivity contribution in [2.75, 3.05) is 17.3 Å². The van der Waals surface area contributed by atoms with Crippen LogP contribution in [0.2, 0.25) is 0 Å². The van der Waals surface area contributed by atoms with Gasteiger partial charge in [0, 0.05) is 29.4 Å². The predicted molar refractivity (Wildman–Crippen MR) is 127 cm³/mol. The summed E-state index contributed by atoms with van der Waals surface area (Å²) in [6, 6.07) is 4.60. The molecule has 174 valence electrons. The summed E-state index contributed by atoms with van der Waals surface area (Å²) < 4.78 is 26.5. The first-order chi connectivity index (χ1) is 15.5. The summed E-state index contributed by atoms with van der Waals surface area (Å²) in [6.45, 7) is 0. The van der Waals surface area contributed by atoms with Gasteiger partial charge in [-0.05, 0) is 43.6 Å². The van der Waals surface area contributed by atoms with Gasteiger partial charge in [0.2, 0.25) is 5.91 Å². The van der Waals surface area contributed by atoms with Crippen LogP contribution in [-0.4, -0.2) is 63.3 Å². The molecule has 0 aromatic carbocycles. The molecule has 0 N–H and O–H groups in total. The van der Waals surface area contributed by atoms with Gasteiger partial charge in [-0.25, -0.2) is 8.42 Å². The molecule has 3 aliphatic rings. The van der Waals surface area contributed by atoms with Gasteiger partial charge >= 0.3 is 0 Å². The van der Waals surface area contributed by atoms with E-state index in [1.165, 1.54) is 23.1 Å². The summed E-state index contributed by atoms with van der Waals surface area (Å²) in [5, 5.41) is 11.8. The average Bonchev–Trinajstić information content (AvgIpc) is 3.16. The molecule has 32 heavy (non-hydrogen) atoms. The van der Waals surface area contributed by atoms with Crippen LogP contribution in [0.25, 0.3) is 0 Å². The monoisotopic (exact) mass is 494 g/mol. The number of hydrogen-bond acceptors (Lipinski definition) is 7. The number of thioether (sulfide) groups is 1. The molecule has 1 atom stereocenters. The lowest BCUT2D eigenvalue weighted by atomic mass is 9.93. The Kier molecular flexibility index (Phi) is 6.63. The Morgan fingerprint density at radius 1 is 1.12 bits per heavy atom.